The van der Waals surface area contributed by atoms with Gasteiger partial charge in [-0.15, -0.1) is 0 Å². The standard InChI is InChI=1S/C11H11N5O4/c17-6-8(11(19)15-9-1-4-20-16-9)14-10(18)7-5-12-2-3-13-7/h1-5,8,17H,6H2,(H,14,18)(H,15,16,19). The Hall–Kier alpha value is -2.81. The number of nitrogens with one attached hydrogen (secondary N) is 2. The monoisotopic (exact) mass is 277 g/mol. The highest BCUT2D eigenvalue weighted by Crippen LogP contribution is 2.02. The van der Waals surface area contributed by atoms with Gasteiger partial charge in [-0.2, -0.15) is 0 Å². The number of nitrogens with zero attached hydrogens (tertiary/aromatic N) is 3. The maximum atomic E-state index is 11.8. The summed E-state index contributed by atoms with van der Waals surface area (Å²) < 4.78 is 4.55. The van der Waals surface area contributed by atoms with Crippen molar-refractivity contribution in [2.45, 2.75) is 6.04 Å². The van der Waals surface area contributed by atoms with Gasteiger partial charge in [-0.25, -0.2) is 4.98 Å². The quantitative estimate of drug-likeness (QED) is 0.651. The van der Waals surface area contributed by atoms with Gasteiger partial charge in [-0.05, 0) is 0 Å². The molecule has 9 nitrogen and oxygen atoms in total. The van der Waals surface area contributed by atoms with Crippen molar-refractivity contribution >= 4 is 17.6 Å². The summed E-state index contributed by atoms with van der Waals surface area (Å²) >= 11 is 0. The average molecular weight is 277 g/mol. The smallest absolute Gasteiger partial charge is 0.272 e. The average Bonchev–Trinajstić information content (AvgIpc) is 2.98. The molecule has 2 aromatic heterocycles. The van der Waals surface area contributed by atoms with Crippen molar-refractivity contribution in [3.8, 4) is 0 Å². The number of rotatable bonds is 5. The van der Waals surface area contributed by atoms with Crippen molar-refractivity contribution in [2.24, 2.45) is 0 Å². The first kappa shape index (κ1) is 13.6. The Morgan fingerprint density at radius 3 is 2.85 bits per heavy atom. The van der Waals surface area contributed by atoms with E-state index in [1.54, 1.807) is 0 Å². The van der Waals surface area contributed by atoms with E-state index < -0.39 is 24.5 Å². The molecule has 2 heterocycles. The van der Waals surface area contributed by atoms with Gasteiger partial charge in [0.15, 0.2) is 5.82 Å². The number of hydrogen-bond donors (Lipinski definition) is 3. The Labute approximate surface area is 113 Å². The van der Waals surface area contributed by atoms with Gasteiger partial charge in [0.2, 0.25) is 0 Å². The third-order valence-electron chi connectivity index (χ3n) is 2.29. The molecular formula is C11H11N5O4. The van der Waals surface area contributed by atoms with Crippen LogP contribution in [-0.4, -0.2) is 44.7 Å². The largest absolute Gasteiger partial charge is 0.394 e. The molecule has 0 fully saturated rings. The van der Waals surface area contributed by atoms with Crippen LogP contribution in [0.4, 0.5) is 5.82 Å². The lowest BCUT2D eigenvalue weighted by atomic mass is 10.2. The Balaban J connectivity index is 1.98. The summed E-state index contributed by atoms with van der Waals surface area (Å²) in [6.45, 7) is -0.574. The van der Waals surface area contributed by atoms with Crippen molar-refractivity contribution < 1.29 is 19.2 Å². The lowest BCUT2D eigenvalue weighted by Gasteiger charge is -2.14. The van der Waals surface area contributed by atoms with E-state index in [9.17, 15) is 9.59 Å². The summed E-state index contributed by atoms with van der Waals surface area (Å²) in [5.41, 5.74) is 0.0418. The van der Waals surface area contributed by atoms with Crippen molar-refractivity contribution in [1.29, 1.82) is 0 Å². The van der Waals surface area contributed by atoms with E-state index in [-0.39, 0.29) is 11.5 Å². The minimum absolute atomic E-state index is 0.0418. The highest BCUT2D eigenvalue weighted by atomic mass is 16.5. The zero-order valence-electron chi connectivity index (χ0n) is 10.2. The van der Waals surface area contributed by atoms with Crippen LogP contribution in [0, 0.1) is 0 Å². The van der Waals surface area contributed by atoms with Crippen LogP contribution in [0.3, 0.4) is 0 Å². The zero-order valence-corrected chi connectivity index (χ0v) is 10.2. The molecule has 2 amide bonds. The Kier molecular flexibility index (Phi) is 4.35. The fourth-order valence-corrected chi connectivity index (χ4v) is 1.33. The highest BCUT2D eigenvalue weighted by Gasteiger charge is 2.21. The van der Waals surface area contributed by atoms with E-state index in [1.165, 1.54) is 30.9 Å². The second-order valence-electron chi connectivity index (χ2n) is 3.67. The predicted octanol–water partition coefficient (Wildman–Crippen LogP) is -0.806. The molecule has 0 aliphatic heterocycles. The van der Waals surface area contributed by atoms with Crippen molar-refractivity contribution in [1.82, 2.24) is 20.4 Å². The molecule has 0 bridgehead atoms. The zero-order chi connectivity index (χ0) is 14.4. The Morgan fingerprint density at radius 1 is 1.40 bits per heavy atom. The molecule has 0 aromatic carbocycles. The van der Waals surface area contributed by atoms with Gasteiger partial charge in [0.1, 0.15) is 18.0 Å². The van der Waals surface area contributed by atoms with Crippen LogP contribution < -0.4 is 10.6 Å². The van der Waals surface area contributed by atoms with E-state index in [2.05, 4.69) is 30.3 Å². The molecule has 2 aromatic rings. The highest BCUT2D eigenvalue weighted by molar-refractivity contribution is 5.99. The predicted molar refractivity (Wildman–Crippen MR) is 65.5 cm³/mol. The molecule has 0 saturated carbocycles. The molecular weight excluding hydrogens is 266 g/mol. The number of aliphatic hydroxyl groups excluding tert-OH is 1. The maximum absolute atomic E-state index is 11.8. The first-order valence-corrected chi connectivity index (χ1v) is 5.59. The molecule has 104 valence electrons. The molecule has 0 aliphatic carbocycles. The summed E-state index contributed by atoms with van der Waals surface area (Å²) in [7, 11) is 0. The molecule has 20 heavy (non-hydrogen) atoms. The third-order valence-corrected chi connectivity index (χ3v) is 2.29. The first-order valence-electron chi connectivity index (χ1n) is 5.59. The summed E-state index contributed by atoms with van der Waals surface area (Å²) in [5.74, 6) is -1.06. The molecule has 0 spiro atoms. The number of carbonyl (C=O) groups is 2. The number of carbonyl (C=O) groups excluding carboxylic acids is 2. The molecule has 3 N–H and O–H groups in total. The van der Waals surface area contributed by atoms with Gasteiger partial charge in [0.25, 0.3) is 11.8 Å². The van der Waals surface area contributed by atoms with Crippen LogP contribution in [0.1, 0.15) is 10.5 Å². The fourth-order valence-electron chi connectivity index (χ4n) is 1.33. The topological polar surface area (TPSA) is 130 Å². The molecule has 0 saturated heterocycles. The van der Waals surface area contributed by atoms with Crippen LogP contribution in [0.25, 0.3) is 0 Å². The normalized spacial score (nSPS) is 11.7. The van der Waals surface area contributed by atoms with E-state index >= 15 is 0 Å². The van der Waals surface area contributed by atoms with Gasteiger partial charge < -0.3 is 20.3 Å². The van der Waals surface area contributed by atoms with Crippen LogP contribution in [0.2, 0.25) is 0 Å². The second-order valence-corrected chi connectivity index (χ2v) is 3.67. The van der Waals surface area contributed by atoms with Crippen LogP contribution in [0.15, 0.2) is 35.4 Å². The summed E-state index contributed by atoms with van der Waals surface area (Å²) in [4.78, 5) is 31.1. The summed E-state index contributed by atoms with van der Waals surface area (Å²) in [6.07, 6.45) is 5.29. The maximum Gasteiger partial charge on any atom is 0.272 e. The van der Waals surface area contributed by atoms with E-state index in [0.717, 1.165) is 0 Å². The molecule has 9 heteroatoms. The number of aliphatic hydroxyl groups is 1. The SMILES string of the molecule is O=C(NC(CO)C(=O)Nc1ccon1)c1cnccn1. The number of hydrogen-bond acceptors (Lipinski definition) is 7. The van der Waals surface area contributed by atoms with Gasteiger partial charge in [0, 0.05) is 18.5 Å². The molecule has 0 radical (unpaired) electrons. The van der Waals surface area contributed by atoms with Gasteiger partial charge in [0.05, 0.1) is 12.8 Å². The first-order chi connectivity index (χ1) is 9.70. The lowest BCUT2D eigenvalue weighted by Crippen LogP contribution is -2.46. The Morgan fingerprint density at radius 2 is 2.25 bits per heavy atom. The van der Waals surface area contributed by atoms with Gasteiger partial charge in [-0.3, -0.25) is 14.6 Å². The van der Waals surface area contributed by atoms with E-state index in [0.29, 0.717) is 0 Å². The molecule has 2 rings (SSSR count). The van der Waals surface area contributed by atoms with Crippen molar-refractivity contribution in [3.63, 3.8) is 0 Å². The van der Waals surface area contributed by atoms with Crippen LogP contribution in [-0.2, 0) is 4.79 Å². The minimum Gasteiger partial charge on any atom is -0.394 e. The van der Waals surface area contributed by atoms with Crippen LogP contribution >= 0.6 is 0 Å². The van der Waals surface area contributed by atoms with Crippen LogP contribution in [0.5, 0.6) is 0 Å². The Bertz CT molecular complexity index is 572. The van der Waals surface area contributed by atoms with Gasteiger partial charge in [-0.1, -0.05) is 5.16 Å². The number of aromatic nitrogens is 3. The summed E-state index contributed by atoms with van der Waals surface area (Å²) in [6, 6.07) is 0.290. The lowest BCUT2D eigenvalue weighted by molar-refractivity contribution is -0.118. The number of amides is 2. The van der Waals surface area contributed by atoms with E-state index in [1.807, 2.05) is 0 Å². The molecule has 1 unspecified atom stereocenters. The van der Waals surface area contributed by atoms with Crippen molar-refractivity contribution in [3.05, 3.63) is 36.6 Å². The van der Waals surface area contributed by atoms with E-state index in [4.69, 9.17) is 5.11 Å². The minimum atomic E-state index is -1.14. The molecule has 1 atom stereocenters. The van der Waals surface area contributed by atoms with Gasteiger partial charge >= 0.3 is 0 Å². The number of anilines is 1. The second kappa shape index (κ2) is 6.38. The summed E-state index contributed by atoms with van der Waals surface area (Å²) in [5, 5.41) is 17.4. The fraction of sp³-hybridized carbons (Fsp3) is 0.182. The van der Waals surface area contributed by atoms with Crippen molar-refractivity contribution in [2.75, 3.05) is 11.9 Å². The third kappa shape index (κ3) is 3.36. The molecule has 0 aliphatic rings.